The quantitative estimate of drug-likeness (QED) is 0.305. The average Bonchev–Trinajstić information content (AvgIpc) is 3.30. The molecule has 0 fully saturated rings. The van der Waals surface area contributed by atoms with Gasteiger partial charge in [-0.1, -0.05) is 29.5 Å². The Kier molecular flexibility index (Phi) is 10.5. The molecule has 0 radical (unpaired) electrons. The van der Waals surface area contributed by atoms with Crippen molar-refractivity contribution in [1.82, 2.24) is 20.1 Å². The highest BCUT2D eigenvalue weighted by atomic mass is 32.2. The highest BCUT2D eigenvalue weighted by Crippen LogP contribution is 2.26. The third-order valence-corrected chi connectivity index (χ3v) is 7.53. The van der Waals surface area contributed by atoms with Crippen LogP contribution < -0.4 is 15.4 Å². The summed E-state index contributed by atoms with van der Waals surface area (Å²) in [5.41, 5.74) is 4.65. The minimum Gasteiger partial charge on any atom is -0.497 e. The monoisotopic (exact) mass is 541 g/mol. The van der Waals surface area contributed by atoms with Gasteiger partial charge in [0, 0.05) is 17.8 Å². The first kappa shape index (κ1) is 28.6. The van der Waals surface area contributed by atoms with Gasteiger partial charge in [0.25, 0.3) is 5.91 Å². The summed E-state index contributed by atoms with van der Waals surface area (Å²) in [6.45, 7) is 8.67. The minimum atomic E-state index is -0.310. The standard InChI is InChI=1S/C27H35N5O3S2/c1-7-32-25(22(12-13-36-6)28-26(34)20-8-10-21(35-5)11-9-20)30-31-27(32)37-16-23(33)29-24-18(3)14-17(2)15-19(24)4/h8-11,14-15,22H,7,12-13,16H2,1-6H3,(H,28,34)(H,29,33)/t22-/m0/s1. The van der Waals surface area contributed by atoms with E-state index < -0.39 is 0 Å². The Balaban J connectivity index is 1.72. The number of anilines is 1. The molecule has 0 spiro atoms. The molecule has 3 rings (SSSR count). The first-order valence-corrected chi connectivity index (χ1v) is 14.5. The fraction of sp³-hybridized carbons (Fsp3) is 0.407. The molecule has 0 aliphatic rings. The summed E-state index contributed by atoms with van der Waals surface area (Å²) < 4.78 is 7.16. The summed E-state index contributed by atoms with van der Waals surface area (Å²) >= 11 is 3.05. The van der Waals surface area contributed by atoms with Crippen LogP contribution in [-0.2, 0) is 11.3 Å². The van der Waals surface area contributed by atoms with Crippen LogP contribution in [0.2, 0.25) is 0 Å². The number of nitrogens with one attached hydrogen (secondary N) is 2. The number of thioether (sulfide) groups is 2. The van der Waals surface area contributed by atoms with Gasteiger partial charge in [-0.25, -0.2) is 0 Å². The second-order valence-corrected chi connectivity index (χ2v) is 10.7. The largest absolute Gasteiger partial charge is 0.497 e. The lowest BCUT2D eigenvalue weighted by Crippen LogP contribution is -2.31. The molecule has 0 bridgehead atoms. The van der Waals surface area contributed by atoms with Gasteiger partial charge in [-0.05, 0) is 81.5 Å². The van der Waals surface area contributed by atoms with Gasteiger partial charge in [-0.2, -0.15) is 11.8 Å². The predicted molar refractivity (Wildman–Crippen MR) is 152 cm³/mol. The number of rotatable bonds is 12. The van der Waals surface area contributed by atoms with Gasteiger partial charge in [-0.3, -0.25) is 9.59 Å². The Labute approximate surface area is 227 Å². The van der Waals surface area contributed by atoms with Crippen molar-refractivity contribution in [2.45, 2.75) is 51.9 Å². The zero-order valence-corrected chi connectivity index (χ0v) is 23.9. The van der Waals surface area contributed by atoms with Crippen molar-refractivity contribution in [3.63, 3.8) is 0 Å². The smallest absolute Gasteiger partial charge is 0.251 e. The Hall–Kier alpha value is -2.98. The maximum Gasteiger partial charge on any atom is 0.251 e. The third-order valence-electron chi connectivity index (χ3n) is 5.92. The van der Waals surface area contributed by atoms with Crippen LogP contribution in [-0.4, -0.2) is 51.5 Å². The normalized spacial score (nSPS) is 11.7. The molecule has 1 atom stereocenters. The van der Waals surface area contributed by atoms with E-state index in [1.165, 1.54) is 17.3 Å². The van der Waals surface area contributed by atoms with Crippen molar-refractivity contribution in [3.05, 3.63) is 64.5 Å². The fourth-order valence-electron chi connectivity index (χ4n) is 4.13. The summed E-state index contributed by atoms with van der Waals surface area (Å²) in [4.78, 5) is 25.7. The van der Waals surface area contributed by atoms with E-state index in [-0.39, 0.29) is 23.6 Å². The lowest BCUT2D eigenvalue weighted by Gasteiger charge is -2.19. The number of benzene rings is 2. The third kappa shape index (κ3) is 7.52. The summed E-state index contributed by atoms with van der Waals surface area (Å²) in [7, 11) is 1.59. The molecule has 1 aromatic heterocycles. The summed E-state index contributed by atoms with van der Waals surface area (Å²) in [5.74, 6) is 2.16. The Morgan fingerprint density at radius 1 is 1.08 bits per heavy atom. The number of carbonyl (C=O) groups is 2. The van der Waals surface area contributed by atoms with E-state index in [9.17, 15) is 9.59 Å². The van der Waals surface area contributed by atoms with Gasteiger partial charge < -0.3 is 19.9 Å². The number of nitrogens with zero attached hydrogens (tertiary/aromatic N) is 3. The number of aryl methyl sites for hydroxylation is 3. The molecular weight excluding hydrogens is 506 g/mol. The summed E-state index contributed by atoms with van der Waals surface area (Å²) in [6.07, 6.45) is 2.74. The van der Waals surface area contributed by atoms with Crippen LogP contribution in [0.4, 0.5) is 5.69 Å². The number of amides is 2. The number of carbonyl (C=O) groups excluding carboxylic acids is 2. The number of hydrogen-bond acceptors (Lipinski definition) is 7. The molecule has 2 amide bonds. The highest BCUT2D eigenvalue weighted by molar-refractivity contribution is 7.99. The summed E-state index contributed by atoms with van der Waals surface area (Å²) in [5, 5.41) is 15.6. The second-order valence-electron chi connectivity index (χ2n) is 8.73. The van der Waals surface area contributed by atoms with E-state index in [4.69, 9.17) is 4.74 Å². The Morgan fingerprint density at radius 2 is 1.76 bits per heavy atom. The van der Waals surface area contributed by atoms with E-state index in [1.54, 1.807) is 43.1 Å². The molecule has 2 aromatic carbocycles. The molecule has 1 heterocycles. The molecule has 0 aliphatic carbocycles. The second kappa shape index (κ2) is 13.5. The van der Waals surface area contributed by atoms with Crippen LogP contribution in [0, 0.1) is 20.8 Å². The van der Waals surface area contributed by atoms with Gasteiger partial charge in [0.05, 0.1) is 18.9 Å². The maximum absolute atomic E-state index is 13.0. The first-order chi connectivity index (χ1) is 17.8. The van der Waals surface area contributed by atoms with Crippen LogP contribution >= 0.6 is 23.5 Å². The van der Waals surface area contributed by atoms with Gasteiger partial charge in [0.2, 0.25) is 5.91 Å². The van der Waals surface area contributed by atoms with E-state index in [1.807, 2.05) is 38.5 Å². The van der Waals surface area contributed by atoms with Crippen molar-refractivity contribution in [2.24, 2.45) is 0 Å². The van der Waals surface area contributed by atoms with Crippen molar-refractivity contribution in [1.29, 1.82) is 0 Å². The van der Waals surface area contributed by atoms with E-state index in [2.05, 4.69) is 33.0 Å². The SMILES string of the molecule is CCn1c(SCC(=O)Nc2c(C)cc(C)cc2C)nnc1[C@H](CCSC)NC(=O)c1ccc(OC)cc1. The zero-order valence-electron chi connectivity index (χ0n) is 22.3. The maximum atomic E-state index is 13.0. The predicted octanol–water partition coefficient (Wildman–Crippen LogP) is 5.19. The number of ether oxygens (including phenoxy) is 1. The van der Waals surface area contributed by atoms with Crippen molar-refractivity contribution in [2.75, 3.05) is 30.2 Å². The number of hydrogen-bond donors (Lipinski definition) is 2. The van der Waals surface area contributed by atoms with Crippen molar-refractivity contribution in [3.8, 4) is 5.75 Å². The van der Waals surface area contributed by atoms with Crippen LogP contribution in [0.25, 0.3) is 0 Å². The number of aromatic nitrogens is 3. The highest BCUT2D eigenvalue weighted by Gasteiger charge is 2.23. The van der Waals surface area contributed by atoms with E-state index in [0.717, 1.165) is 22.6 Å². The number of methoxy groups -OCH3 is 1. The molecule has 0 saturated carbocycles. The zero-order chi connectivity index (χ0) is 26.9. The molecule has 198 valence electrons. The Morgan fingerprint density at radius 3 is 2.35 bits per heavy atom. The molecule has 0 saturated heterocycles. The van der Waals surface area contributed by atoms with E-state index in [0.29, 0.717) is 35.3 Å². The van der Waals surface area contributed by atoms with Crippen LogP contribution in [0.1, 0.15) is 52.3 Å². The summed E-state index contributed by atoms with van der Waals surface area (Å²) in [6, 6.07) is 10.8. The lowest BCUT2D eigenvalue weighted by atomic mass is 10.1. The van der Waals surface area contributed by atoms with Gasteiger partial charge in [0.15, 0.2) is 11.0 Å². The molecule has 0 aliphatic heterocycles. The van der Waals surface area contributed by atoms with Crippen LogP contribution in [0.3, 0.4) is 0 Å². The van der Waals surface area contributed by atoms with Gasteiger partial charge >= 0.3 is 0 Å². The van der Waals surface area contributed by atoms with Gasteiger partial charge in [-0.15, -0.1) is 10.2 Å². The fourth-order valence-corrected chi connectivity index (χ4v) is 5.41. The topological polar surface area (TPSA) is 98.1 Å². The van der Waals surface area contributed by atoms with Crippen molar-refractivity contribution < 1.29 is 14.3 Å². The minimum absolute atomic E-state index is 0.0982. The average molecular weight is 542 g/mol. The molecule has 37 heavy (non-hydrogen) atoms. The molecule has 3 aromatic rings. The van der Waals surface area contributed by atoms with Crippen LogP contribution in [0.5, 0.6) is 5.75 Å². The molecule has 0 unspecified atom stereocenters. The van der Waals surface area contributed by atoms with E-state index >= 15 is 0 Å². The van der Waals surface area contributed by atoms with Gasteiger partial charge in [0.1, 0.15) is 5.75 Å². The first-order valence-electron chi connectivity index (χ1n) is 12.1. The molecule has 8 nitrogen and oxygen atoms in total. The molecular formula is C27H35N5O3S2. The van der Waals surface area contributed by atoms with Crippen molar-refractivity contribution >= 4 is 41.0 Å². The Bertz CT molecular complexity index is 1200. The molecule has 10 heteroatoms. The van der Waals surface area contributed by atoms with Crippen LogP contribution in [0.15, 0.2) is 41.6 Å². The molecule has 2 N–H and O–H groups in total. The lowest BCUT2D eigenvalue weighted by molar-refractivity contribution is -0.113.